The highest BCUT2D eigenvalue weighted by Crippen LogP contribution is 2.17. The predicted octanol–water partition coefficient (Wildman–Crippen LogP) is 1.39. The van der Waals surface area contributed by atoms with Crippen molar-refractivity contribution in [3.8, 4) is 0 Å². The maximum absolute atomic E-state index is 12.2. The van der Waals surface area contributed by atoms with Crippen LogP contribution in [0.2, 0.25) is 5.02 Å². The molecule has 1 aromatic heterocycles. The third kappa shape index (κ3) is 5.46. The molecule has 0 spiro atoms. The average Bonchev–Trinajstić information content (AvgIpc) is 3.07. The van der Waals surface area contributed by atoms with Crippen molar-refractivity contribution in [2.75, 3.05) is 38.6 Å². The minimum Gasteiger partial charge on any atom is -0.378 e. The highest BCUT2D eigenvalue weighted by Gasteiger charge is 2.18. The Labute approximate surface area is 172 Å². The minimum atomic E-state index is -0.162. The number of carbonyl (C=O) groups is 2. The van der Waals surface area contributed by atoms with E-state index in [1.54, 1.807) is 29.2 Å². The fourth-order valence-electron chi connectivity index (χ4n) is 2.71. The van der Waals surface area contributed by atoms with Gasteiger partial charge in [-0.15, -0.1) is 10.2 Å². The van der Waals surface area contributed by atoms with Gasteiger partial charge in [0, 0.05) is 43.7 Å². The number of hydrogen-bond donors (Lipinski definition) is 1. The van der Waals surface area contributed by atoms with Crippen molar-refractivity contribution >= 4 is 35.2 Å². The highest BCUT2D eigenvalue weighted by atomic mass is 35.5. The standard InChI is InChI=1S/C18H22ClN5O3S/c1-23-15(6-7-20-17(26)13-2-4-14(19)5-3-13)21-22-18(23)28-12-16(25)24-8-10-27-11-9-24/h2-5H,6-12H2,1H3,(H,20,26). The summed E-state index contributed by atoms with van der Waals surface area (Å²) in [6.07, 6.45) is 0.542. The number of nitrogens with one attached hydrogen (secondary N) is 1. The minimum absolute atomic E-state index is 0.0769. The van der Waals surface area contributed by atoms with E-state index in [1.165, 1.54) is 11.8 Å². The van der Waals surface area contributed by atoms with Gasteiger partial charge in [-0.2, -0.15) is 0 Å². The van der Waals surface area contributed by atoms with E-state index in [0.29, 0.717) is 60.8 Å². The average molecular weight is 424 g/mol. The number of benzene rings is 1. The summed E-state index contributed by atoms with van der Waals surface area (Å²) in [7, 11) is 1.86. The Hall–Kier alpha value is -2.10. The van der Waals surface area contributed by atoms with Crippen LogP contribution in [0.1, 0.15) is 16.2 Å². The van der Waals surface area contributed by atoms with Gasteiger partial charge in [0.05, 0.1) is 19.0 Å². The molecule has 0 radical (unpaired) electrons. The molecule has 1 saturated heterocycles. The van der Waals surface area contributed by atoms with Gasteiger partial charge in [0.1, 0.15) is 5.82 Å². The number of aromatic nitrogens is 3. The molecule has 1 aromatic carbocycles. The second kappa shape index (κ2) is 9.90. The molecule has 2 heterocycles. The molecular weight excluding hydrogens is 402 g/mol. The zero-order chi connectivity index (χ0) is 19.9. The molecule has 8 nitrogen and oxygen atoms in total. The number of thioether (sulfide) groups is 1. The fourth-order valence-corrected chi connectivity index (χ4v) is 3.67. The lowest BCUT2D eigenvalue weighted by Gasteiger charge is -2.26. The first kappa shape index (κ1) is 20.6. The van der Waals surface area contributed by atoms with Gasteiger partial charge < -0.3 is 19.5 Å². The summed E-state index contributed by atoms with van der Waals surface area (Å²) in [5.41, 5.74) is 0.556. The normalized spacial score (nSPS) is 14.1. The Bertz CT molecular complexity index is 821. The van der Waals surface area contributed by atoms with Crippen LogP contribution in [0.3, 0.4) is 0 Å². The van der Waals surface area contributed by atoms with Crippen molar-refractivity contribution in [1.29, 1.82) is 0 Å². The Morgan fingerprint density at radius 1 is 1.21 bits per heavy atom. The highest BCUT2D eigenvalue weighted by molar-refractivity contribution is 7.99. The van der Waals surface area contributed by atoms with Crippen LogP contribution in [0.5, 0.6) is 0 Å². The van der Waals surface area contributed by atoms with E-state index in [-0.39, 0.29) is 11.8 Å². The SMILES string of the molecule is Cn1c(CCNC(=O)c2ccc(Cl)cc2)nnc1SCC(=O)N1CCOCC1. The number of carbonyl (C=O) groups excluding carboxylic acids is 2. The molecule has 0 aliphatic carbocycles. The first-order chi connectivity index (χ1) is 13.5. The third-order valence-electron chi connectivity index (χ3n) is 4.35. The number of amides is 2. The Balaban J connectivity index is 1.45. The molecule has 1 N–H and O–H groups in total. The molecule has 0 bridgehead atoms. The first-order valence-electron chi connectivity index (χ1n) is 8.95. The Morgan fingerprint density at radius 2 is 1.93 bits per heavy atom. The van der Waals surface area contributed by atoms with Gasteiger partial charge in [0.15, 0.2) is 5.16 Å². The maximum atomic E-state index is 12.2. The van der Waals surface area contributed by atoms with Crippen LogP contribution in [-0.4, -0.2) is 70.1 Å². The molecule has 0 unspecified atom stereocenters. The van der Waals surface area contributed by atoms with Crippen molar-refractivity contribution in [2.24, 2.45) is 7.05 Å². The van der Waals surface area contributed by atoms with Crippen LogP contribution < -0.4 is 5.32 Å². The van der Waals surface area contributed by atoms with Gasteiger partial charge in [-0.05, 0) is 24.3 Å². The van der Waals surface area contributed by atoms with E-state index in [9.17, 15) is 9.59 Å². The van der Waals surface area contributed by atoms with E-state index in [0.717, 1.165) is 5.82 Å². The van der Waals surface area contributed by atoms with Crippen molar-refractivity contribution in [3.05, 3.63) is 40.7 Å². The summed E-state index contributed by atoms with van der Waals surface area (Å²) >= 11 is 7.19. The molecule has 1 aliphatic heterocycles. The topological polar surface area (TPSA) is 89.3 Å². The Morgan fingerprint density at radius 3 is 2.64 bits per heavy atom. The molecule has 2 aromatic rings. The zero-order valence-corrected chi connectivity index (χ0v) is 17.1. The number of rotatable bonds is 7. The molecule has 1 fully saturated rings. The van der Waals surface area contributed by atoms with Gasteiger partial charge in [0.25, 0.3) is 5.91 Å². The molecule has 28 heavy (non-hydrogen) atoms. The van der Waals surface area contributed by atoms with Gasteiger partial charge >= 0.3 is 0 Å². The van der Waals surface area contributed by atoms with Crippen LogP contribution in [0.4, 0.5) is 0 Å². The van der Waals surface area contributed by atoms with E-state index in [4.69, 9.17) is 16.3 Å². The summed E-state index contributed by atoms with van der Waals surface area (Å²) in [5, 5.41) is 12.4. The number of halogens is 1. The van der Waals surface area contributed by atoms with Crippen LogP contribution in [0, 0.1) is 0 Å². The lowest BCUT2D eigenvalue weighted by Crippen LogP contribution is -2.41. The monoisotopic (exact) mass is 423 g/mol. The third-order valence-corrected chi connectivity index (χ3v) is 5.61. The lowest BCUT2D eigenvalue weighted by atomic mass is 10.2. The predicted molar refractivity (Wildman–Crippen MR) is 107 cm³/mol. The second-order valence-electron chi connectivity index (χ2n) is 6.25. The fraction of sp³-hybridized carbons (Fsp3) is 0.444. The van der Waals surface area contributed by atoms with Crippen LogP contribution in [-0.2, 0) is 23.0 Å². The quantitative estimate of drug-likeness (QED) is 0.677. The molecule has 2 amide bonds. The van der Waals surface area contributed by atoms with Crippen molar-refractivity contribution < 1.29 is 14.3 Å². The molecule has 0 atom stereocenters. The molecular formula is C18H22ClN5O3S. The first-order valence-corrected chi connectivity index (χ1v) is 10.3. The lowest BCUT2D eigenvalue weighted by molar-refractivity contribution is -0.132. The number of nitrogens with zero attached hydrogens (tertiary/aromatic N) is 4. The van der Waals surface area contributed by atoms with Gasteiger partial charge in [-0.25, -0.2) is 0 Å². The second-order valence-corrected chi connectivity index (χ2v) is 7.63. The molecule has 150 valence electrons. The van der Waals surface area contributed by atoms with Gasteiger partial charge in [0.2, 0.25) is 5.91 Å². The van der Waals surface area contributed by atoms with E-state index in [1.807, 2.05) is 11.6 Å². The number of hydrogen-bond acceptors (Lipinski definition) is 6. The smallest absolute Gasteiger partial charge is 0.251 e. The summed E-state index contributed by atoms with van der Waals surface area (Å²) < 4.78 is 7.11. The summed E-state index contributed by atoms with van der Waals surface area (Å²) in [6, 6.07) is 6.72. The van der Waals surface area contributed by atoms with E-state index >= 15 is 0 Å². The van der Waals surface area contributed by atoms with Crippen molar-refractivity contribution in [2.45, 2.75) is 11.6 Å². The van der Waals surface area contributed by atoms with Gasteiger partial charge in [-0.3, -0.25) is 9.59 Å². The number of ether oxygens (including phenoxy) is 1. The van der Waals surface area contributed by atoms with Crippen LogP contribution in [0.25, 0.3) is 0 Å². The van der Waals surface area contributed by atoms with Crippen molar-refractivity contribution in [3.63, 3.8) is 0 Å². The summed E-state index contributed by atoms with van der Waals surface area (Å²) in [5.74, 6) is 0.981. The maximum Gasteiger partial charge on any atom is 0.251 e. The largest absolute Gasteiger partial charge is 0.378 e. The van der Waals surface area contributed by atoms with Gasteiger partial charge in [-0.1, -0.05) is 23.4 Å². The van der Waals surface area contributed by atoms with Crippen LogP contribution >= 0.6 is 23.4 Å². The van der Waals surface area contributed by atoms with Crippen LogP contribution in [0.15, 0.2) is 29.4 Å². The van der Waals surface area contributed by atoms with Crippen molar-refractivity contribution in [1.82, 2.24) is 25.0 Å². The summed E-state index contributed by atoms with van der Waals surface area (Å²) in [6.45, 7) is 2.89. The van der Waals surface area contributed by atoms with E-state index < -0.39 is 0 Å². The molecule has 10 heteroatoms. The summed E-state index contributed by atoms with van der Waals surface area (Å²) in [4.78, 5) is 26.1. The Kier molecular flexibility index (Phi) is 7.30. The number of morpholine rings is 1. The molecule has 3 rings (SSSR count). The molecule has 1 aliphatic rings. The molecule has 0 saturated carbocycles. The zero-order valence-electron chi connectivity index (χ0n) is 15.6. The van der Waals surface area contributed by atoms with E-state index in [2.05, 4.69) is 15.5 Å².